The van der Waals surface area contributed by atoms with Crippen molar-refractivity contribution in [1.29, 1.82) is 0 Å². The molecule has 0 bridgehead atoms. The first-order chi connectivity index (χ1) is 15.9. The van der Waals surface area contributed by atoms with Gasteiger partial charge in [-0.3, -0.25) is 9.59 Å². The summed E-state index contributed by atoms with van der Waals surface area (Å²) < 4.78 is 1.93. The van der Waals surface area contributed by atoms with Crippen LogP contribution in [0.4, 0.5) is 5.69 Å². The predicted octanol–water partition coefficient (Wildman–Crippen LogP) is 4.57. The van der Waals surface area contributed by atoms with E-state index < -0.39 is 0 Å². The van der Waals surface area contributed by atoms with E-state index in [1.54, 1.807) is 6.07 Å². The van der Waals surface area contributed by atoms with E-state index in [9.17, 15) is 9.59 Å². The van der Waals surface area contributed by atoms with Crippen molar-refractivity contribution in [2.45, 2.75) is 33.7 Å². The quantitative estimate of drug-likeness (QED) is 0.442. The van der Waals surface area contributed by atoms with E-state index in [1.165, 1.54) is 0 Å². The summed E-state index contributed by atoms with van der Waals surface area (Å²) in [5, 5.41) is 5.99. The van der Waals surface area contributed by atoms with Crippen molar-refractivity contribution in [2.75, 3.05) is 11.9 Å². The molecule has 1 aromatic heterocycles. The molecule has 0 aliphatic rings. The van der Waals surface area contributed by atoms with Crippen LogP contribution in [0.5, 0.6) is 0 Å². The highest BCUT2D eigenvalue weighted by atomic mass is 16.2. The molecule has 6 nitrogen and oxygen atoms in total. The van der Waals surface area contributed by atoms with Gasteiger partial charge in [-0.05, 0) is 62.2 Å². The molecule has 4 rings (SSSR count). The summed E-state index contributed by atoms with van der Waals surface area (Å²) >= 11 is 0. The first kappa shape index (κ1) is 22.3. The van der Waals surface area contributed by atoms with E-state index >= 15 is 0 Å². The number of fused-ring (bicyclic) bond motifs is 1. The lowest BCUT2D eigenvalue weighted by molar-refractivity contribution is -0.116. The molecule has 0 spiro atoms. The fraction of sp³-hybridized carbons (Fsp3) is 0.222. The van der Waals surface area contributed by atoms with Gasteiger partial charge in [0.1, 0.15) is 12.4 Å². The zero-order valence-electron chi connectivity index (χ0n) is 19.2. The lowest BCUT2D eigenvalue weighted by Gasteiger charge is -2.13. The van der Waals surface area contributed by atoms with Crippen LogP contribution in [0.1, 0.15) is 32.9 Å². The molecule has 0 aliphatic heterocycles. The normalized spacial score (nSPS) is 10.9. The molecule has 0 saturated heterocycles. The molecule has 0 unspecified atom stereocenters. The van der Waals surface area contributed by atoms with Crippen molar-refractivity contribution in [3.05, 3.63) is 94.8 Å². The monoisotopic (exact) mass is 440 g/mol. The highest BCUT2D eigenvalue weighted by Crippen LogP contribution is 2.20. The Balaban J connectivity index is 1.49. The number of aromatic nitrogens is 2. The fourth-order valence-electron chi connectivity index (χ4n) is 3.89. The molecule has 0 saturated carbocycles. The Morgan fingerprint density at radius 3 is 2.55 bits per heavy atom. The van der Waals surface area contributed by atoms with Crippen LogP contribution in [0.25, 0.3) is 11.0 Å². The Morgan fingerprint density at radius 1 is 0.939 bits per heavy atom. The van der Waals surface area contributed by atoms with Crippen LogP contribution in [0, 0.1) is 20.8 Å². The molecule has 33 heavy (non-hydrogen) atoms. The van der Waals surface area contributed by atoms with Gasteiger partial charge in [0.2, 0.25) is 5.91 Å². The highest BCUT2D eigenvalue weighted by Gasteiger charge is 2.15. The molecule has 6 heteroatoms. The molecule has 0 radical (unpaired) electrons. The van der Waals surface area contributed by atoms with Gasteiger partial charge in [0, 0.05) is 24.2 Å². The number of anilines is 1. The lowest BCUT2D eigenvalue weighted by atomic mass is 10.1. The number of nitrogens with zero attached hydrogens (tertiary/aromatic N) is 2. The number of benzene rings is 3. The Morgan fingerprint density at radius 2 is 1.73 bits per heavy atom. The minimum absolute atomic E-state index is 0.114. The Hall–Kier alpha value is -3.93. The third kappa shape index (κ3) is 5.12. The van der Waals surface area contributed by atoms with E-state index in [0.29, 0.717) is 18.5 Å². The number of nitrogens with one attached hydrogen (secondary N) is 2. The van der Waals surface area contributed by atoms with Crippen LogP contribution in [-0.4, -0.2) is 27.9 Å². The molecule has 1 heterocycles. The van der Waals surface area contributed by atoms with Gasteiger partial charge in [-0.2, -0.15) is 0 Å². The van der Waals surface area contributed by atoms with Gasteiger partial charge in [0.15, 0.2) is 0 Å². The summed E-state index contributed by atoms with van der Waals surface area (Å²) in [7, 11) is 0. The number of imidazole rings is 1. The van der Waals surface area contributed by atoms with Gasteiger partial charge in [0.25, 0.3) is 5.91 Å². The number of rotatable bonds is 7. The SMILES string of the molecule is Cc1cccc(C(=O)NCCc2nc3ccccc3n2CC(=O)Nc2cccc(C)c2C)c1. The van der Waals surface area contributed by atoms with E-state index in [-0.39, 0.29) is 18.4 Å². The van der Waals surface area contributed by atoms with E-state index in [2.05, 4.69) is 10.6 Å². The second-order valence-electron chi connectivity index (χ2n) is 8.27. The number of carbonyl (C=O) groups excluding carboxylic acids is 2. The van der Waals surface area contributed by atoms with Gasteiger partial charge in [-0.15, -0.1) is 0 Å². The smallest absolute Gasteiger partial charge is 0.251 e. The maximum absolute atomic E-state index is 12.9. The predicted molar refractivity (Wildman–Crippen MR) is 131 cm³/mol. The van der Waals surface area contributed by atoms with Gasteiger partial charge in [0.05, 0.1) is 11.0 Å². The van der Waals surface area contributed by atoms with Crippen molar-refractivity contribution >= 4 is 28.5 Å². The number of carbonyl (C=O) groups is 2. The minimum Gasteiger partial charge on any atom is -0.352 e. The average Bonchev–Trinajstić information content (AvgIpc) is 3.14. The van der Waals surface area contributed by atoms with Gasteiger partial charge < -0.3 is 15.2 Å². The van der Waals surface area contributed by atoms with E-state index in [1.807, 2.05) is 86.0 Å². The van der Waals surface area contributed by atoms with Crippen LogP contribution in [0.3, 0.4) is 0 Å². The molecule has 2 N–H and O–H groups in total. The molecular formula is C27H28N4O2. The van der Waals surface area contributed by atoms with Gasteiger partial charge in [-0.25, -0.2) is 4.98 Å². The van der Waals surface area contributed by atoms with Crippen molar-refractivity contribution in [3.63, 3.8) is 0 Å². The average molecular weight is 441 g/mol. The Labute approximate surface area is 193 Å². The third-order valence-corrected chi connectivity index (χ3v) is 5.83. The zero-order valence-corrected chi connectivity index (χ0v) is 19.2. The molecule has 168 valence electrons. The van der Waals surface area contributed by atoms with Crippen molar-refractivity contribution < 1.29 is 9.59 Å². The van der Waals surface area contributed by atoms with Crippen LogP contribution in [-0.2, 0) is 17.8 Å². The zero-order chi connectivity index (χ0) is 23.4. The van der Waals surface area contributed by atoms with Crippen molar-refractivity contribution in [3.8, 4) is 0 Å². The number of hydrogen-bond donors (Lipinski definition) is 2. The second-order valence-corrected chi connectivity index (χ2v) is 8.27. The summed E-state index contributed by atoms with van der Waals surface area (Å²) in [6, 6.07) is 21.1. The molecule has 0 aliphatic carbocycles. The largest absolute Gasteiger partial charge is 0.352 e. The maximum atomic E-state index is 12.9. The summed E-state index contributed by atoms with van der Waals surface area (Å²) in [5.74, 6) is 0.530. The van der Waals surface area contributed by atoms with Crippen LogP contribution in [0.15, 0.2) is 66.7 Å². The Bertz CT molecular complexity index is 1320. The van der Waals surface area contributed by atoms with Crippen molar-refractivity contribution in [1.82, 2.24) is 14.9 Å². The van der Waals surface area contributed by atoms with E-state index in [0.717, 1.165) is 39.2 Å². The lowest BCUT2D eigenvalue weighted by Crippen LogP contribution is -2.27. The standard InChI is InChI=1S/C27H28N4O2/c1-18-8-6-10-21(16-18)27(33)28-15-14-25-29-23-11-4-5-13-24(23)31(25)17-26(32)30-22-12-7-9-19(2)20(22)3/h4-13,16H,14-15,17H2,1-3H3,(H,28,33)(H,30,32). The van der Waals surface area contributed by atoms with Gasteiger partial charge >= 0.3 is 0 Å². The molecule has 4 aromatic rings. The van der Waals surface area contributed by atoms with Crippen molar-refractivity contribution in [2.24, 2.45) is 0 Å². The number of para-hydroxylation sites is 2. The summed E-state index contributed by atoms with van der Waals surface area (Å²) in [6.07, 6.45) is 0.517. The van der Waals surface area contributed by atoms with Crippen LogP contribution >= 0.6 is 0 Å². The number of amides is 2. The molecule has 2 amide bonds. The second kappa shape index (κ2) is 9.69. The fourth-order valence-corrected chi connectivity index (χ4v) is 3.89. The molecule has 0 atom stereocenters. The number of aryl methyl sites for hydroxylation is 2. The number of hydrogen-bond acceptors (Lipinski definition) is 3. The first-order valence-corrected chi connectivity index (χ1v) is 11.1. The molecule has 0 fully saturated rings. The van der Waals surface area contributed by atoms with Crippen LogP contribution < -0.4 is 10.6 Å². The summed E-state index contributed by atoms with van der Waals surface area (Å²) in [4.78, 5) is 30.1. The minimum atomic E-state index is -0.117. The Kier molecular flexibility index (Phi) is 6.54. The molecular weight excluding hydrogens is 412 g/mol. The highest BCUT2D eigenvalue weighted by molar-refractivity contribution is 5.94. The maximum Gasteiger partial charge on any atom is 0.251 e. The third-order valence-electron chi connectivity index (χ3n) is 5.83. The topological polar surface area (TPSA) is 76.0 Å². The summed E-state index contributed by atoms with van der Waals surface area (Å²) in [5.41, 5.74) is 6.41. The van der Waals surface area contributed by atoms with Gasteiger partial charge in [-0.1, -0.05) is 42.0 Å². The molecule has 3 aromatic carbocycles. The van der Waals surface area contributed by atoms with E-state index in [4.69, 9.17) is 4.98 Å². The first-order valence-electron chi connectivity index (χ1n) is 11.1. The summed E-state index contributed by atoms with van der Waals surface area (Å²) in [6.45, 7) is 6.56. The van der Waals surface area contributed by atoms with Crippen LogP contribution in [0.2, 0.25) is 0 Å².